The smallest absolute Gasteiger partial charge is 0.148 e. The fraction of sp³-hybridized carbons (Fsp3) is 0.0769. The number of hydrogen-bond acceptors (Lipinski definition) is 4. The van der Waals surface area contributed by atoms with Crippen molar-refractivity contribution in [2.45, 2.75) is 6.04 Å². The van der Waals surface area contributed by atoms with Crippen LogP contribution < -0.4 is 11.3 Å². The Labute approximate surface area is 126 Å². The Balaban J connectivity index is 2.12. The molecule has 0 fully saturated rings. The summed E-state index contributed by atoms with van der Waals surface area (Å²) in [5.41, 5.74) is 3.50. The first-order chi connectivity index (χ1) is 9.20. The minimum absolute atomic E-state index is 0.344. The van der Waals surface area contributed by atoms with Gasteiger partial charge in [-0.25, -0.2) is 5.43 Å². The van der Waals surface area contributed by atoms with Crippen molar-refractivity contribution >= 4 is 42.8 Å². The third-order valence-electron chi connectivity index (χ3n) is 2.87. The van der Waals surface area contributed by atoms with Crippen molar-refractivity contribution in [3.05, 3.63) is 57.1 Å². The van der Waals surface area contributed by atoms with Gasteiger partial charge >= 0.3 is 0 Å². The summed E-state index contributed by atoms with van der Waals surface area (Å²) in [5, 5.41) is 1.01. The molecule has 19 heavy (non-hydrogen) atoms. The second-order valence-corrected chi connectivity index (χ2v) is 5.75. The average Bonchev–Trinajstić information content (AvgIpc) is 2.99. The van der Waals surface area contributed by atoms with Gasteiger partial charge in [-0.05, 0) is 50.1 Å². The van der Waals surface area contributed by atoms with E-state index in [1.807, 2.05) is 30.3 Å². The van der Waals surface area contributed by atoms with Crippen molar-refractivity contribution < 1.29 is 8.83 Å². The summed E-state index contributed by atoms with van der Waals surface area (Å²) < 4.78 is 13.0. The molecule has 3 N–H and O–H groups in total. The number of nitrogens with two attached hydrogens (primary N) is 1. The van der Waals surface area contributed by atoms with Gasteiger partial charge in [0.1, 0.15) is 23.1 Å². The van der Waals surface area contributed by atoms with Crippen molar-refractivity contribution in [2.75, 3.05) is 0 Å². The van der Waals surface area contributed by atoms with Crippen LogP contribution in [0.5, 0.6) is 0 Å². The Morgan fingerprint density at radius 3 is 2.63 bits per heavy atom. The molecule has 1 aromatic carbocycles. The quantitative estimate of drug-likeness (QED) is 0.526. The molecule has 0 saturated heterocycles. The van der Waals surface area contributed by atoms with Crippen molar-refractivity contribution in [1.29, 1.82) is 0 Å². The summed E-state index contributed by atoms with van der Waals surface area (Å²) in [6.07, 6.45) is 1.60. The summed E-state index contributed by atoms with van der Waals surface area (Å²) in [7, 11) is 0. The Kier molecular flexibility index (Phi) is 3.49. The number of rotatable bonds is 3. The molecule has 1 unspecified atom stereocenters. The molecular formula is C13H10Br2N2O2. The fourth-order valence-electron chi connectivity index (χ4n) is 1.99. The van der Waals surface area contributed by atoms with Crippen LogP contribution in [0.25, 0.3) is 11.0 Å². The molecule has 0 saturated carbocycles. The number of benzene rings is 1. The summed E-state index contributed by atoms with van der Waals surface area (Å²) in [6, 6.07) is 9.29. The standard InChI is InChI=1S/C13H10Br2N2O2/c14-8-3-1-2-7-6-10(19-12(7)8)11(17-16)13-9(15)4-5-18-13/h1-6,11,17H,16H2. The van der Waals surface area contributed by atoms with Crippen molar-refractivity contribution in [1.82, 2.24) is 5.43 Å². The van der Waals surface area contributed by atoms with Crippen LogP contribution in [0, 0.1) is 0 Å². The Hall–Kier alpha value is -1.08. The van der Waals surface area contributed by atoms with E-state index in [1.165, 1.54) is 0 Å². The molecular weight excluding hydrogens is 376 g/mol. The van der Waals surface area contributed by atoms with Crippen molar-refractivity contribution in [2.24, 2.45) is 5.84 Å². The van der Waals surface area contributed by atoms with Crippen molar-refractivity contribution in [3.8, 4) is 0 Å². The van der Waals surface area contributed by atoms with Gasteiger partial charge in [0.15, 0.2) is 0 Å². The van der Waals surface area contributed by atoms with Crippen LogP contribution in [-0.4, -0.2) is 0 Å². The molecule has 0 aliphatic rings. The highest BCUT2D eigenvalue weighted by Gasteiger charge is 2.23. The van der Waals surface area contributed by atoms with Crippen LogP contribution in [0.4, 0.5) is 0 Å². The molecule has 0 amide bonds. The van der Waals surface area contributed by atoms with Crippen LogP contribution in [0.2, 0.25) is 0 Å². The first-order valence-corrected chi connectivity index (χ1v) is 7.16. The second-order valence-electron chi connectivity index (χ2n) is 4.04. The topological polar surface area (TPSA) is 64.3 Å². The van der Waals surface area contributed by atoms with Crippen LogP contribution in [0.15, 0.2) is 54.4 Å². The molecule has 2 aromatic heterocycles. The van der Waals surface area contributed by atoms with E-state index in [-0.39, 0.29) is 6.04 Å². The first kappa shape index (κ1) is 12.9. The molecule has 0 bridgehead atoms. The zero-order valence-corrected chi connectivity index (χ0v) is 12.9. The maximum absolute atomic E-state index is 5.86. The molecule has 6 heteroatoms. The maximum atomic E-state index is 5.86. The lowest BCUT2D eigenvalue weighted by molar-refractivity contribution is 0.401. The predicted molar refractivity (Wildman–Crippen MR) is 79.5 cm³/mol. The largest absolute Gasteiger partial charge is 0.466 e. The molecule has 1 atom stereocenters. The monoisotopic (exact) mass is 384 g/mol. The lowest BCUT2D eigenvalue weighted by atomic mass is 10.1. The first-order valence-electron chi connectivity index (χ1n) is 5.57. The third-order valence-corrected chi connectivity index (χ3v) is 4.15. The summed E-state index contributed by atoms with van der Waals surface area (Å²) >= 11 is 6.89. The molecule has 0 spiro atoms. The molecule has 98 valence electrons. The van der Waals surface area contributed by atoms with Gasteiger partial charge in [0.2, 0.25) is 0 Å². The number of nitrogens with one attached hydrogen (secondary N) is 1. The molecule has 0 aliphatic carbocycles. The Morgan fingerprint density at radius 1 is 1.16 bits per heavy atom. The van der Waals surface area contributed by atoms with E-state index in [9.17, 15) is 0 Å². The number of halogens is 2. The van der Waals surface area contributed by atoms with Gasteiger partial charge in [-0.3, -0.25) is 5.84 Å². The number of furan rings is 2. The number of hydrazine groups is 1. The summed E-state index contributed by atoms with van der Waals surface area (Å²) in [4.78, 5) is 0. The van der Waals surface area contributed by atoms with Gasteiger partial charge in [0.05, 0.1) is 15.2 Å². The molecule has 3 rings (SSSR count). The van der Waals surface area contributed by atoms with E-state index in [0.717, 1.165) is 19.9 Å². The fourth-order valence-corrected chi connectivity index (χ4v) is 2.88. The highest BCUT2D eigenvalue weighted by molar-refractivity contribution is 9.11. The highest BCUT2D eigenvalue weighted by Crippen LogP contribution is 2.34. The number of fused-ring (bicyclic) bond motifs is 1. The van der Waals surface area contributed by atoms with Crippen LogP contribution in [0.3, 0.4) is 0 Å². The third kappa shape index (κ3) is 2.25. The summed E-state index contributed by atoms with van der Waals surface area (Å²) in [6.45, 7) is 0. The van der Waals surface area contributed by atoms with Crippen molar-refractivity contribution in [3.63, 3.8) is 0 Å². The van der Waals surface area contributed by atoms with Gasteiger partial charge in [-0.1, -0.05) is 12.1 Å². The Morgan fingerprint density at radius 2 is 2.00 bits per heavy atom. The molecule has 4 nitrogen and oxygen atoms in total. The maximum Gasteiger partial charge on any atom is 0.148 e. The molecule has 0 aliphatic heterocycles. The lowest BCUT2D eigenvalue weighted by Crippen LogP contribution is -2.28. The van der Waals surface area contributed by atoms with E-state index in [1.54, 1.807) is 6.26 Å². The van der Waals surface area contributed by atoms with Crippen LogP contribution in [0.1, 0.15) is 17.6 Å². The zero-order valence-electron chi connectivity index (χ0n) is 9.69. The summed E-state index contributed by atoms with van der Waals surface area (Å²) in [5.74, 6) is 7.00. The van der Waals surface area contributed by atoms with E-state index in [2.05, 4.69) is 37.3 Å². The van der Waals surface area contributed by atoms with Crippen LogP contribution >= 0.6 is 31.9 Å². The number of para-hydroxylation sites is 1. The predicted octanol–water partition coefficient (Wildman–Crippen LogP) is 4.10. The molecule has 0 radical (unpaired) electrons. The van der Waals surface area contributed by atoms with E-state index in [4.69, 9.17) is 14.7 Å². The van der Waals surface area contributed by atoms with Gasteiger partial charge < -0.3 is 8.83 Å². The van der Waals surface area contributed by atoms with Gasteiger partial charge in [0, 0.05) is 5.39 Å². The Bertz CT molecular complexity index is 720. The molecule has 3 aromatic rings. The average molecular weight is 386 g/mol. The van der Waals surface area contributed by atoms with Gasteiger partial charge in [-0.2, -0.15) is 0 Å². The normalized spacial score (nSPS) is 13.0. The highest BCUT2D eigenvalue weighted by atomic mass is 79.9. The van der Waals surface area contributed by atoms with Gasteiger partial charge in [-0.15, -0.1) is 0 Å². The molecule has 2 heterocycles. The van der Waals surface area contributed by atoms with E-state index < -0.39 is 0 Å². The lowest BCUT2D eigenvalue weighted by Gasteiger charge is -2.10. The van der Waals surface area contributed by atoms with Crippen LogP contribution in [-0.2, 0) is 0 Å². The minimum Gasteiger partial charge on any atom is -0.466 e. The van der Waals surface area contributed by atoms with Gasteiger partial charge in [0.25, 0.3) is 0 Å². The van der Waals surface area contributed by atoms with E-state index >= 15 is 0 Å². The number of hydrogen-bond donors (Lipinski definition) is 2. The SMILES string of the molecule is NNC(c1cc2cccc(Br)c2o1)c1occc1Br. The minimum atomic E-state index is -0.344. The van der Waals surface area contributed by atoms with E-state index in [0.29, 0.717) is 11.5 Å². The zero-order chi connectivity index (χ0) is 13.4. The second kappa shape index (κ2) is 5.13.